The van der Waals surface area contributed by atoms with Crippen molar-refractivity contribution in [2.24, 2.45) is 0 Å². The van der Waals surface area contributed by atoms with Crippen LogP contribution in [0.3, 0.4) is 0 Å². The minimum atomic E-state index is -3.64. The van der Waals surface area contributed by atoms with Crippen LogP contribution in [0.4, 0.5) is 46.3 Å². The second-order valence-corrected chi connectivity index (χ2v) is 41.8. The molecule has 4 saturated heterocycles. The number of ether oxygens (including phenoxy) is 2. The fraction of sp³-hybridized carbons (Fsp3) is 0.374. The maximum absolute atomic E-state index is 14.4. The Morgan fingerprint density at radius 3 is 1.80 bits per heavy atom. The van der Waals surface area contributed by atoms with Crippen LogP contribution in [-0.4, -0.2) is 252 Å². The zero-order valence-corrected chi connectivity index (χ0v) is 81.6. The van der Waals surface area contributed by atoms with Crippen molar-refractivity contribution in [2.45, 2.75) is 135 Å². The maximum Gasteiger partial charge on any atom is 0.262 e. The van der Waals surface area contributed by atoms with E-state index in [1.54, 1.807) is 69.4 Å². The summed E-state index contributed by atoms with van der Waals surface area (Å²) >= 11 is 1.47. The van der Waals surface area contributed by atoms with E-state index in [4.69, 9.17) is 24.4 Å². The summed E-state index contributed by atoms with van der Waals surface area (Å²) in [6.45, 7) is 14.7. The number of pyridine rings is 3. The summed E-state index contributed by atoms with van der Waals surface area (Å²) in [6.07, 6.45) is 23.3. The van der Waals surface area contributed by atoms with Gasteiger partial charge < -0.3 is 56.1 Å². The first-order valence-electron chi connectivity index (χ1n) is 46.5. The number of sulfone groups is 1. The Labute approximate surface area is 809 Å². The molecule has 4 aliphatic heterocycles. The summed E-state index contributed by atoms with van der Waals surface area (Å²) in [5.41, 5.74) is 12.8. The number of hydrogen-bond acceptors (Lipinski definition) is 33. The van der Waals surface area contributed by atoms with Gasteiger partial charge in [-0.15, -0.1) is 11.3 Å². The van der Waals surface area contributed by atoms with Gasteiger partial charge in [0.1, 0.15) is 28.3 Å². The molecule has 14 heterocycles. The first kappa shape index (κ1) is 97.0. The largest absolute Gasteiger partial charge is 0.384 e. The van der Waals surface area contributed by atoms with Crippen molar-refractivity contribution in [1.29, 1.82) is 0 Å². The Kier molecular flexibility index (Phi) is 31.5. The molecule has 5 aliphatic rings. The predicted molar refractivity (Wildman–Crippen MR) is 541 cm³/mol. The van der Waals surface area contributed by atoms with Crippen molar-refractivity contribution in [3.63, 3.8) is 0 Å². The summed E-state index contributed by atoms with van der Waals surface area (Å²) in [5, 5.41) is 30.7. The molecule has 35 nitrogen and oxygen atoms in total. The zero-order chi connectivity index (χ0) is 95.9. The van der Waals surface area contributed by atoms with Crippen molar-refractivity contribution in [2.75, 3.05) is 146 Å². The smallest absolute Gasteiger partial charge is 0.262 e. The molecule has 0 amide bonds. The monoisotopic (exact) mass is 1940 g/mol. The molecule has 5 fully saturated rings. The Hall–Kier alpha value is -12.7. The van der Waals surface area contributed by atoms with E-state index in [2.05, 4.69) is 117 Å². The average Bonchev–Trinajstić information content (AvgIpc) is 0.858. The van der Waals surface area contributed by atoms with Crippen LogP contribution in [0.2, 0.25) is 0 Å². The molecule has 5 unspecified atom stereocenters. The fourth-order valence-electron chi connectivity index (χ4n) is 18.0. The molecule has 138 heavy (non-hydrogen) atoms. The summed E-state index contributed by atoms with van der Waals surface area (Å²) in [4.78, 5) is 103. The van der Waals surface area contributed by atoms with E-state index < -0.39 is 36.7 Å². The van der Waals surface area contributed by atoms with E-state index in [1.165, 1.54) is 36.3 Å². The van der Waals surface area contributed by atoms with Gasteiger partial charge in [0.05, 0.1) is 111 Å². The van der Waals surface area contributed by atoms with Gasteiger partial charge in [0.15, 0.2) is 14.9 Å². The number of aryl methyl sites for hydroxylation is 1. The number of methoxy groups -OCH3 is 1. The number of nitrogens with one attached hydrogen (secondary N) is 6. The lowest BCUT2D eigenvalue weighted by Gasteiger charge is -2.32. The number of aromatic nitrogens is 16. The number of likely N-dealkylation sites (tertiary alicyclic amines) is 2. The molecular weight excluding hydrogens is 1830 g/mol. The maximum atomic E-state index is 14.4. The van der Waals surface area contributed by atoms with Crippen LogP contribution in [0.5, 0.6) is 0 Å². The minimum Gasteiger partial charge on any atom is -0.384 e. The van der Waals surface area contributed by atoms with Crippen LogP contribution in [0.25, 0.3) is 49.9 Å². The van der Waals surface area contributed by atoms with E-state index in [-0.39, 0.29) is 59.1 Å². The number of piperidine rings is 2. The van der Waals surface area contributed by atoms with Gasteiger partial charge in [0.2, 0.25) is 17.8 Å². The van der Waals surface area contributed by atoms with Gasteiger partial charge in [-0.05, 0) is 209 Å². The highest BCUT2D eigenvalue weighted by Gasteiger charge is 2.35. The number of fused-ring (bicyclic) bond motifs is 3. The van der Waals surface area contributed by atoms with Crippen molar-refractivity contribution in [3.8, 4) is 11.3 Å². The standard InChI is InChI=1S/C35H38N8O3S.C34H43N9O3S.C30H33N9O3S2/c1-24(25-8-6-5-7-9-25)29-20-27-21-38-35(39-28-12-10-26(11-13-28)31-23-42(4)16-18-46-31)40-32(27)43(34(29)44)22-30-33(37-15-14-36-30)47(45)19-17-41(2)3;1-41-16-14-27(22-41)38-25-10-12-26(13-11-25)39-34-35-18-23-17-29(30-9-5-6-15-42(30)2)33(44)43(32(23)40-34)21-24-19-36-37-20-31(24)47(45,46)28-7-3-4-8-28;1-19-26(35-18-43-19)25-13-20-15-33-30(37-23-5-3-22(4-6-23)36-24-7-9-31-10-8-24)38-27(20)39(29(25)40)16-21-14-32-17-34-28(21)44(41)12-11-42-2/h5-15,20-21,31H,1,16-19,22-23H2,2-4H3,(H,38,39,40);10-13,17-20,27-28,30,38H,3-9,14-16,21-22H2,1-2H3,(H,35,39,40);3-6,13-15,17-18,24,31,36H,7-12,16H2,1-2H3,(H,33,37,38). The van der Waals surface area contributed by atoms with Gasteiger partial charge in [0, 0.05) is 166 Å². The van der Waals surface area contributed by atoms with Crippen LogP contribution in [-0.2, 0) is 60.5 Å². The number of thiazole rings is 1. The molecule has 14 aromatic rings. The second-order valence-electron chi connectivity index (χ2n) is 35.6. The second kappa shape index (κ2) is 44.9. The lowest BCUT2D eigenvalue weighted by atomic mass is 9.96. The van der Waals surface area contributed by atoms with E-state index in [0.717, 1.165) is 142 Å². The van der Waals surface area contributed by atoms with Crippen molar-refractivity contribution in [1.82, 2.24) is 104 Å². The van der Waals surface area contributed by atoms with Gasteiger partial charge in [0.25, 0.3) is 16.7 Å². The highest BCUT2D eigenvalue weighted by molar-refractivity contribution is 7.92. The number of anilines is 8. The summed E-state index contributed by atoms with van der Waals surface area (Å²) in [5.74, 6) is 1.68. The molecule has 39 heteroatoms. The van der Waals surface area contributed by atoms with Crippen molar-refractivity contribution < 1.29 is 26.3 Å². The quantitative estimate of drug-likeness (QED) is 0.0220. The summed E-state index contributed by atoms with van der Waals surface area (Å²) < 4.78 is 69.6. The summed E-state index contributed by atoms with van der Waals surface area (Å²) in [7, 11) is 5.20. The molecule has 718 valence electrons. The third kappa shape index (κ3) is 23.3. The molecule has 6 N–H and O–H groups in total. The van der Waals surface area contributed by atoms with Crippen LogP contribution in [0, 0.1) is 6.92 Å². The zero-order valence-electron chi connectivity index (χ0n) is 78.3. The molecule has 0 radical (unpaired) electrons. The number of hydrogen-bond donors (Lipinski definition) is 6. The van der Waals surface area contributed by atoms with E-state index >= 15 is 0 Å². The lowest BCUT2D eigenvalue weighted by molar-refractivity contribution is -0.0208. The fourth-order valence-corrected chi connectivity index (χ4v) is 23.0. The highest BCUT2D eigenvalue weighted by Crippen LogP contribution is 2.36. The van der Waals surface area contributed by atoms with E-state index in [9.17, 15) is 31.2 Å². The minimum absolute atomic E-state index is 0.00356. The SMILES string of the molecule is C=C(c1ccccc1)c1cc2cnc(Nc3ccc(C4CN(C)CCO4)cc3)nc2n(Cc2nccnc2S(=O)CCN(C)C)c1=O.CN1CCC(Nc2ccc(Nc3ncc4cc(C5CCCCN5C)c(=O)n(Cc5cnncc5S(=O)(=O)C5CCCC5)c4n3)cc2)C1.COCCS(=O)c1ncncc1Cn1c(=O)c(-c2ncsc2C)cc2cnc(Nc3ccc(NC4CCNCC4)cc3)nc21. The highest BCUT2D eigenvalue weighted by atomic mass is 32.2. The number of likely N-dealkylation sites (N-methyl/N-ethyl adjacent to an activating group) is 2. The van der Waals surface area contributed by atoms with Gasteiger partial charge in [-0.25, -0.2) is 43.3 Å². The third-order valence-electron chi connectivity index (χ3n) is 25.5. The van der Waals surface area contributed by atoms with Crippen molar-refractivity contribution >= 4 is 128 Å². The molecule has 5 atom stereocenters. The van der Waals surface area contributed by atoms with Gasteiger partial charge in [-0.2, -0.15) is 25.1 Å². The molecule has 1 aliphatic carbocycles. The topological polar surface area (TPSA) is 405 Å². The molecule has 10 aromatic heterocycles. The Balaban J connectivity index is 0.000000143. The molecule has 0 bridgehead atoms. The first-order chi connectivity index (χ1) is 67.0. The average molecular weight is 1940 g/mol. The molecule has 19 rings (SSSR count). The van der Waals surface area contributed by atoms with Gasteiger partial charge in [-0.3, -0.25) is 46.4 Å². The van der Waals surface area contributed by atoms with Crippen molar-refractivity contribution in [3.05, 3.63) is 264 Å². The number of benzene rings is 4. The normalized spacial score (nSPS) is 17.3. The van der Waals surface area contributed by atoms with Crippen LogP contribution < -0.4 is 48.6 Å². The van der Waals surface area contributed by atoms with Gasteiger partial charge in [-0.1, -0.05) is 68.3 Å². The first-order valence-corrected chi connectivity index (χ1v) is 51.5. The lowest BCUT2D eigenvalue weighted by Crippen LogP contribution is -2.36. The Morgan fingerprint density at radius 1 is 0.587 bits per heavy atom. The molecule has 0 spiro atoms. The number of rotatable bonds is 31. The van der Waals surface area contributed by atoms with Crippen LogP contribution in [0.15, 0.2) is 219 Å². The summed E-state index contributed by atoms with van der Waals surface area (Å²) in [6, 6.07) is 39.9. The molecule has 4 aromatic carbocycles. The Bertz CT molecular complexity index is 7030. The number of morpholine rings is 1. The van der Waals surface area contributed by atoms with E-state index in [0.29, 0.717) is 156 Å². The third-order valence-corrected chi connectivity index (χ3v) is 31.3. The van der Waals surface area contributed by atoms with Crippen LogP contribution in [0.1, 0.15) is 120 Å². The van der Waals surface area contributed by atoms with Gasteiger partial charge >= 0.3 is 0 Å². The molecule has 1 saturated carbocycles. The number of nitrogens with zero attached hydrogens (tertiary/aromatic N) is 20. The van der Waals surface area contributed by atoms with Crippen LogP contribution >= 0.6 is 11.3 Å². The predicted octanol–water partition coefficient (Wildman–Crippen LogP) is 12.2. The molecular formula is C99H114N26O9S4. The van der Waals surface area contributed by atoms with E-state index in [1.807, 2.05) is 142 Å². The Morgan fingerprint density at radius 2 is 1.17 bits per heavy atom.